The van der Waals surface area contributed by atoms with E-state index in [1.165, 1.54) is 186 Å². The second kappa shape index (κ2) is 27.4. The number of nitrogens with zero attached hydrogens (tertiary/aromatic N) is 2. The van der Waals surface area contributed by atoms with Gasteiger partial charge in [-0.25, -0.2) is 4.98 Å². The highest BCUT2D eigenvalue weighted by molar-refractivity contribution is 5.02. The minimum atomic E-state index is 0.590. The second-order valence-corrected chi connectivity index (χ2v) is 12.9. The van der Waals surface area contributed by atoms with Gasteiger partial charge in [-0.05, 0) is 26.2 Å². The molecule has 230 valence electrons. The molecule has 2 atom stereocenters. The van der Waals surface area contributed by atoms with Crippen molar-refractivity contribution in [3.05, 3.63) is 18.2 Å². The molecule has 0 aromatic carbocycles. The Morgan fingerprint density at radius 1 is 0.487 bits per heavy atom. The summed E-state index contributed by atoms with van der Waals surface area (Å²) in [7, 11) is 0. The van der Waals surface area contributed by atoms with Gasteiger partial charge >= 0.3 is 0 Å². The standard InChI is InChI=1S/C37H72N2/c1-5-8-11-14-17-18-19-20-21-22-23-26-29-32-36(31-28-25-16-13-10-7-3)37-38-33-34-39(37)35(4)30-27-24-15-12-9-6-2/h33-36H,5-32H2,1-4H3. The highest BCUT2D eigenvalue weighted by atomic mass is 15.1. The number of hydrogen-bond acceptors (Lipinski definition) is 1. The molecule has 2 unspecified atom stereocenters. The molecule has 0 aliphatic carbocycles. The van der Waals surface area contributed by atoms with Crippen molar-refractivity contribution in [2.45, 2.75) is 219 Å². The summed E-state index contributed by atoms with van der Waals surface area (Å²) in [4.78, 5) is 4.98. The van der Waals surface area contributed by atoms with Crippen molar-refractivity contribution in [3.63, 3.8) is 0 Å². The Morgan fingerprint density at radius 2 is 0.821 bits per heavy atom. The van der Waals surface area contributed by atoms with Crippen molar-refractivity contribution in [2.75, 3.05) is 0 Å². The van der Waals surface area contributed by atoms with Crippen molar-refractivity contribution in [2.24, 2.45) is 0 Å². The largest absolute Gasteiger partial charge is 0.332 e. The van der Waals surface area contributed by atoms with Gasteiger partial charge in [0.25, 0.3) is 0 Å². The average Bonchev–Trinajstić information content (AvgIpc) is 3.44. The molecule has 0 saturated carbocycles. The first kappa shape index (κ1) is 36.2. The Morgan fingerprint density at radius 3 is 1.21 bits per heavy atom. The molecular formula is C37H72N2. The summed E-state index contributed by atoms with van der Waals surface area (Å²) in [5.74, 6) is 2.06. The van der Waals surface area contributed by atoms with Gasteiger partial charge < -0.3 is 4.57 Å². The summed E-state index contributed by atoms with van der Waals surface area (Å²) in [6.07, 6.45) is 43.8. The summed E-state index contributed by atoms with van der Waals surface area (Å²) in [6.45, 7) is 9.37. The third kappa shape index (κ3) is 19.8. The lowest BCUT2D eigenvalue weighted by Gasteiger charge is -2.22. The van der Waals surface area contributed by atoms with Gasteiger partial charge in [-0.2, -0.15) is 0 Å². The summed E-state index contributed by atoms with van der Waals surface area (Å²) >= 11 is 0. The first-order valence-corrected chi connectivity index (χ1v) is 18.3. The fourth-order valence-corrected chi connectivity index (χ4v) is 6.35. The zero-order valence-corrected chi connectivity index (χ0v) is 27.5. The molecule has 0 N–H and O–H groups in total. The van der Waals surface area contributed by atoms with Gasteiger partial charge in [0.1, 0.15) is 5.82 Å². The molecule has 1 rings (SSSR count). The number of unbranched alkanes of at least 4 members (excludes halogenated alkanes) is 22. The van der Waals surface area contributed by atoms with Crippen molar-refractivity contribution in [1.29, 1.82) is 0 Å². The molecule has 0 radical (unpaired) electrons. The van der Waals surface area contributed by atoms with Crippen LogP contribution < -0.4 is 0 Å². The third-order valence-electron chi connectivity index (χ3n) is 9.08. The van der Waals surface area contributed by atoms with Crippen LogP contribution in [0.25, 0.3) is 0 Å². The molecule has 1 aromatic heterocycles. The van der Waals surface area contributed by atoms with Crippen LogP contribution >= 0.6 is 0 Å². The SMILES string of the molecule is CCCCCCCCCCCCCCCC(CCCCCCCC)c1nccn1C(C)CCCCCCCC. The number of hydrogen-bond donors (Lipinski definition) is 0. The monoisotopic (exact) mass is 545 g/mol. The van der Waals surface area contributed by atoms with E-state index in [1.54, 1.807) is 0 Å². The zero-order chi connectivity index (χ0) is 28.2. The lowest BCUT2D eigenvalue weighted by Crippen LogP contribution is -2.13. The first-order valence-electron chi connectivity index (χ1n) is 18.3. The number of aromatic nitrogens is 2. The molecule has 2 heteroatoms. The lowest BCUT2D eigenvalue weighted by molar-refractivity contribution is 0.412. The third-order valence-corrected chi connectivity index (χ3v) is 9.08. The minimum absolute atomic E-state index is 0.590. The fourth-order valence-electron chi connectivity index (χ4n) is 6.35. The van der Waals surface area contributed by atoms with Gasteiger partial charge in [0.05, 0.1) is 0 Å². The Kier molecular flexibility index (Phi) is 25.4. The molecular weight excluding hydrogens is 472 g/mol. The van der Waals surface area contributed by atoms with Gasteiger partial charge in [-0.15, -0.1) is 0 Å². The molecule has 2 nitrogen and oxygen atoms in total. The minimum Gasteiger partial charge on any atom is -0.332 e. The van der Waals surface area contributed by atoms with E-state index in [0.29, 0.717) is 12.0 Å². The maximum Gasteiger partial charge on any atom is 0.111 e. The van der Waals surface area contributed by atoms with E-state index in [2.05, 4.69) is 44.7 Å². The fraction of sp³-hybridized carbons (Fsp3) is 0.919. The smallest absolute Gasteiger partial charge is 0.111 e. The molecule has 0 amide bonds. The van der Waals surface area contributed by atoms with Crippen LogP contribution in [0.1, 0.15) is 225 Å². The summed E-state index contributed by atoms with van der Waals surface area (Å²) in [6, 6.07) is 0.590. The Bertz CT molecular complexity index is 606. The van der Waals surface area contributed by atoms with E-state index >= 15 is 0 Å². The summed E-state index contributed by atoms with van der Waals surface area (Å²) in [5.41, 5.74) is 0. The van der Waals surface area contributed by atoms with Gasteiger partial charge in [0.2, 0.25) is 0 Å². The van der Waals surface area contributed by atoms with E-state index in [-0.39, 0.29) is 0 Å². The van der Waals surface area contributed by atoms with Crippen LogP contribution in [0.2, 0.25) is 0 Å². The van der Waals surface area contributed by atoms with Crippen LogP contribution in [-0.2, 0) is 0 Å². The van der Waals surface area contributed by atoms with Crippen molar-refractivity contribution < 1.29 is 0 Å². The Labute approximate surface area is 246 Å². The van der Waals surface area contributed by atoms with Gasteiger partial charge in [0, 0.05) is 24.4 Å². The van der Waals surface area contributed by atoms with Crippen molar-refractivity contribution in [1.82, 2.24) is 9.55 Å². The van der Waals surface area contributed by atoms with E-state index in [0.717, 1.165) is 0 Å². The van der Waals surface area contributed by atoms with Crippen LogP contribution in [0, 0.1) is 0 Å². The molecule has 39 heavy (non-hydrogen) atoms. The highest BCUT2D eigenvalue weighted by Crippen LogP contribution is 2.30. The van der Waals surface area contributed by atoms with Gasteiger partial charge in [0.15, 0.2) is 0 Å². The van der Waals surface area contributed by atoms with Crippen LogP contribution in [0.15, 0.2) is 12.4 Å². The topological polar surface area (TPSA) is 17.8 Å². The summed E-state index contributed by atoms with van der Waals surface area (Å²) < 4.78 is 2.57. The normalized spacial score (nSPS) is 13.2. The van der Waals surface area contributed by atoms with Crippen LogP contribution in [0.4, 0.5) is 0 Å². The summed E-state index contributed by atoms with van der Waals surface area (Å²) in [5, 5.41) is 0. The van der Waals surface area contributed by atoms with E-state index < -0.39 is 0 Å². The molecule has 0 spiro atoms. The van der Waals surface area contributed by atoms with E-state index in [4.69, 9.17) is 4.98 Å². The van der Waals surface area contributed by atoms with Crippen LogP contribution in [0.3, 0.4) is 0 Å². The molecule has 1 heterocycles. The predicted octanol–water partition coefficient (Wildman–Crippen LogP) is 13.5. The maximum absolute atomic E-state index is 4.98. The zero-order valence-electron chi connectivity index (χ0n) is 27.5. The number of imidazole rings is 1. The first-order chi connectivity index (χ1) is 19.2. The van der Waals surface area contributed by atoms with Crippen LogP contribution in [-0.4, -0.2) is 9.55 Å². The van der Waals surface area contributed by atoms with Gasteiger partial charge in [-0.1, -0.05) is 181 Å². The highest BCUT2D eigenvalue weighted by Gasteiger charge is 2.19. The molecule has 1 aromatic rings. The molecule has 0 aliphatic rings. The van der Waals surface area contributed by atoms with E-state index in [9.17, 15) is 0 Å². The average molecular weight is 545 g/mol. The lowest BCUT2D eigenvalue weighted by atomic mass is 9.92. The molecule has 0 saturated heterocycles. The Hall–Kier alpha value is -0.790. The van der Waals surface area contributed by atoms with E-state index in [1.807, 2.05) is 0 Å². The quantitative estimate of drug-likeness (QED) is 0.0880. The van der Waals surface area contributed by atoms with Crippen molar-refractivity contribution >= 4 is 0 Å². The number of rotatable bonds is 30. The molecule has 0 fully saturated rings. The van der Waals surface area contributed by atoms with Gasteiger partial charge in [-0.3, -0.25) is 0 Å². The molecule has 0 bridgehead atoms. The predicted molar refractivity (Wildman–Crippen MR) is 176 cm³/mol. The second-order valence-electron chi connectivity index (χ2n) is 12.9. The Balaban J connectivity index is 2.39. The maximum atomic E-state index is 4.98. The van der Waals surface area contributed by atoms with Crippen molar-refractivity contribution in [3.8, 4) is 0 Å². The molecule has 0 aliphatic heterocycles. The van der Waals surface area contributed by atoms with Crippen LogP contribution in [0.5, 0.6) is 0 Å².